The van der Waals surface area contributed by atoms with Gasteiger partial charge < -0.3 is 10.3 Å². The van der Waals surface area contributed by atoms with Crippen molar-refractivity contribution in [1.82, 2.24) is 10.3 Å². The van der Waals surface area contributed by atoms with Gasteiger partial charge >= 0.3 is 0 Å². The molecule has 2 N–H and O–H groups in total. The molecule has 2 aromatic rings. The SMILES string of the molecule is CC(C)[C@H](NCc1ccccc1)c1ccc[nH]1. The van der Waals surface area contributed by atoms with Gasteiger partial charge in [0, 0.05) is 24.5 Å². The van der Waals surface area contributed by atoms with Gasteiger partial charge in [-0.1, -0.05) is 44.2 Å². The van der Waals surface area contributed by atoms with Gasteiger partial charge in [-0.15, -0.1) is 0 Å². The van der Waals surface area contributed by atoms with Crippen LogP contribution >= 0.6 is 0 Å². The molecule has 1 atom stereocenters. The quantitative estimate of drug-likeness (QED) is 0.805. The van der Waals surface area contributed by atoms with Gasteiger partial charge in [0.1, 0.15) is 0 Å². The van der Waals surface area contributed by atoms with E-state index >= 15 is 0 Å². The average Bonchev–Trinajstić information content (AvgIpc) is 2.84. The van der Waals surface area contributed by atoms with Gasteiger partial charge in [0.05, 0.1) is 0 Å². The average molecular weight is 228 g/mol. The van der Waals surface area contributed by atoms with Gasteiger partial charge in [0.15, 0.2) is 0 Å². The number of nitrogens with one attached hydrogen (secondary N) is 2. The van der Waals surface area contributed by atoms with E-state index in [1.807, 2.05) is 6.20 Å². The molecule has 17 heavy (non-hydrogen) atoms. The molecule has 1 heterocycles. The number of hydrogen-bond acceptors (Lipinski definition) is 1. The smallest absolute Gasteiger partial charge is 0.0498 e. The van der Waals surface area contributed by atoms with Crippen LogP contribution in [0.15, 0.2) is 48.7 Å². The van der Waals surface area contributed by atoms with E-state index in [0.717, 1.165) is 6.54 Å². The molecule has 0 aliphatic carbocycles. The van der Waals surface area contributed by atoms with Crippen LogP contribution in [0.5, 0.6) is 0 Å². The van der Waals surface area contributed by atoms with E-state index in [1.54, 1.807) is 0 Å². The largest absolute Gasteiger partial charge is 0.364 e. The molecule has 0 amide bonds. The molecular formula is C15H20N2. The Bertz CT molecular complexity index is 417. The minimum atomic E-state index is 0.380. The molecule has 0 bridgehead atoms. The summed E-state index contributed by atoms with van der Waals surface area (Å²) in [5.41, 5.74) is 2.58. The fourth-order valence-electron chi connectivity index (χ4n) is 2.07. The number of rotatable bonds is 5. The topological polar surface area (TPSA) is 27.8 Å². The molecule has 0 saturated heterocycles. The van der Waals surface area contributed by atoms with E-state index in [4.69, 9.17) is 0 Å². The Labute approximate surface area is 103 Å². The van der Waals surface area contributed by atoms with E-state index in [-0.39, 0.29) is 0 Å². The first-order chi connectivity index (χ1) is 8.27. The number of benzene rings is 1. The van der Waals surface area contributed by atoms with Crippen molar-refractivity contribution in [2.24, 2.45) is 5.92 Å². The summed E-state index contributed by atoms with van der Waals surface area (Å²) in [5, 5.41) is 3.61. The molecular weight excluding hydrogens is 208 g/mol. The standard InChI is InChI=1S/C15H20N2/c1-12(2)15(14-9-6-10-16-14)17-11-13-7-4-3-5-8-13/h3-10,12,15-17H,11H2,1-2H3/t15-/m0/s1. The Balaban J connectivity index is 2.00. The molecule has 90 valence electrons. The van der Waals surface area contributed by atoms with Crippen LogP contribution in [0, 0.1) is 5.92 Å². The summed E-state index contributed by atoms with van der Waals surface area (Å²) in [6, 6.07) is 15.1. The molecule has 0 fully saturated rings. The molecule has 0 spiro atoms. The van der Waals surface area contributed by atoms with Crippen molar-refractivity contribution in [3.63, 3.8) is 0 Å². The summed E-state index contributed by atoms with van der Waals surface area (Å²) in [6.45, 7) is 5.38. The number of aromatic amines is 1. The van der Waals surface area contributed by atoms with Crippen LogP contribution in [0.4, 0.5) is 0 Å². The molecule has 0 aliphatic rings. The molecule has 1 aromatic heterocycles. The highest BCUT2D eigenvalue weighted by molar-refractivity contribution is 5.16. The fourth-order valence-corrected chi connectivity index (χ4v) is 2.07. The molecule has 1 aromatic carbocycles. The first-order valence-corrected chi connectivity index (χ1v) is 6.18. The van der Waals surface area contributed by atoms with Crippen molar-refractivity contribution >= 4 is 0 Å². The minimum Gasteiger partial charge on any atom is -0.364 e. The monoisotopic (exact) mass is 228 g/mol. The minimum absolute atomic E-state index is 0.380. The maximum atomic E-state index is 3.61. The zero-order valence-electron chi connectivity index (χ0n) is 10.5. The summed E-state index contributed by atoms with van der Waals surface area (Å²) < 4.78 is 0. The molecule has 2 rings (SSSR count). The molecule has 0 unspecified atom stereocenters. The second kappa shape index (κ2) is 5.69. The van der Waals surface area contributed by atoms with Crippen LogP contribution in [-0.4, -0.2) is 4.98 Å². The van der Waals surface area contributed by atoms with Crippen LogP contribution in [0.3, 0.4) is 0 Å². The lowest BCUT2D eigenvalue weighted by atomic mass is 10.0. The summed E-state index contributed by atoms with van der Waals surface area (Å²) in [7, 11) is 0. The van der Waals surface area contributed by atoms with E-state index in [9.17, 15) is 0 Å². The number of hydrogen-bond donors (Lipinski definition) is 2. The van der Waals surface area contributed by atoms with Crippen LogP contribution in [0.25, 0.3) is 0 Å². The van der Waals surface area contributed by atoms with Crippen molar-refractivity contribution in [3.8, 4) is 0 Å². The Morgan fingerprint density at radius 1 is 1.06 bits per heavy atom. The summed E-state index contributed by atoms with van der Waals surface area (Å²) in [5.74, 6) is 0.567. The van der Waals surface area contributed by atoms with E-state index in [0.29, 0.717) is 12.0 Å². The van der Waals surface area contributed by atoms with Gasteiger partial charge in [-0.05, 0) is 23.6 Å². The first-order valence-electron chi connectivity index (χ1n) is 6.18. The fraction of sp³-hybridized carbons (Fsp3) is 0.333. The second-order valence-corrected chi connectivity index (χ2v) is 4.71. The third-order valence-corrected chi connectivity index (χ3v) is 2.99. The number of H-pyrrole nitrogens is 1. The maximum absolute atomic E-state index is 3.61. The van der Waals surface area contributed by atoms with Gasteiger partial charge in [-0.2, -0.15) is 0 Å². The highest BCUT2D eigenvalue weighted by Crippen LogP contribution is 2.20. The summed E-state index contributed by atoms with van der Waals surface area (Å²) >= 11 is 0. The van der Waals surface area contributed by atoms with Crippen molar-refractivity contribution < 1.29 is 0 Å². The van der Waals surface area contributed by atoms with Gasteiger partial charge in [-0.3, -0.25) is 0 Å². The van der Waals surface area contributed by atoms with Crippen molar-refractivity contribution in [3.05, 3.63) is 59.9 Å². The van der Waals surface area contributed by atoms with Crippen LogP contribution in [-0.2, 0) is 6.54 Å². The van der Waals surface area contributed by atoms with Gasteiger partial charge in [0.25, 0.3) is 0 Å². The summed E-state index contributed by atoms with van der Waals surface area (Å²) in [4.78, 5) is 3.29. The van der Waals surface area contributed by atoms with E-state index < -0.39 is 0 Å². The molecule has 2 nitrogen and oxygen atoms in total. The first kappa shape index (κ1) is 11.9. The highest BCUT2D eigenvalue weighted by atomic mass is 14.9. The molecule has 0 saturated carbocycles. The van der Waals surface area contributed by atoms with Crippen molar-refractivity contribution in [1.29, 1.82) is 0 Å². The lowest BCUT2D eigenvalue weighted by Crippen LogP contribution is -2.25. The predicted molar refractivity (Wildman–Crippen MR) is 71.7 cm³/mol. The predicted octanol–water partition coefficient (Wildman–Crippen LogP) is 3.50. The van der Waals surface area contributed by atoms with Gasteiger partial charge in [0.2, 0.25) is 0 Å². The van der Waals surface area contributed by atoms with Gasteiger partial charge in [-0.25, -0.2) is 0 Å². The normalized spacial score (nSPS) is 12.9. The molecule has 0 aliphatic heterocycles. The lowest BCUT2D eigenvalue weighted by Gasteiger charge is -2.21. The van der Waals surface area contributed by atoms with Crippen molar-refractivity contribution in [2.75, 3.05) is 0 Å². The Morgan fingerprint density at radius 3 is 2.41 bits per heavy atom. The number of aromatic nitrogens is 1. The third-order valence-electron chi connectivity index (χ3n) is 2.99. The van der Waals surface area contributed by atoms with E-state index in [2.05, 4.69) is 66.6 Å². The van der Waals surface area contributed by atoms with Crippen molar-refractivity contribution in [2.45, 2.75) is 26.4 Å². The lowest BCUT2D eigenvalue weighted by molar-refractivity contribution is 0.403. The van der Waals surface area contributed by atoms with Crippen LogP contribution < -0.4 is 5.32 Å². The van der Waals surface area contributed by atoms with E-state index in [1.165, 1.54) is 11.3 Å². The Kier molecular flexibility index (Phi) is 3.99. The van der Waals surface area contributed by atoms with Crippen LogP contribution in [0.2, 0.25) is 0 Å². The zero-order chi connectivity index (χ0) is 12.1. The Morgan fingerprint density at radius 2 is 1.82 bits per heavy atom. The Hall–Kier alpha value is -1.54. The van der Waals surface area contributed by atoms with Crippen LogP contribution in [0.1, 0.15) is 31.1 Å². The second-order valence-electron chi connectivity index (χ2n) is 4.71. The third kappa shape index (κ3) is 3.21. The molecule has 2 heteroatoms. The molecule has 0 radical (unpaired) electrons. The highest BCUT2D eigenvalue weighted by Gasteiger charge is 2.15. The zero-order valence-corrected chi connectivity index (χ0v) is 10.5. The summed E-state index contributed by atoms with van der Waals surface area (Å²) in [6.07, 6.45) is 1.98. The maximum Gasteiger partial charge on any atom is 0.0498 e.